The van der Waals surface area contributed by atoms with Crippen molar-refractivity contribution in [3.05, 3.63) is 45.8 Å². The van der Waals surface area contributed by atoms with Gasteiger partial charge in [-0.2, -0.15) is 4.98 Å². The summed E-state index contributed by atoms with van der Waals surface area (Å²) in [6, 6.07) is 4.78. The standard InChI is InChI=1S/C19H20ClN5O4/c1-10(8-28-3)18-22-17(23-29-18)15-16-19(27)25(11(2)7-26)14-6-12(20)4-5-13(14)24(16)9-21-15/h4-6,9-11,26H,7-8H2,1-3H3. The first-order valence-electron chi connectivity index (χ1n) is 9.10. The molecular weight excluding hydrogens is 398 g/mol. The van der Waals surface area contributed by atoms with Crippen molar-refractivity contribution < 1.29 is 14.4 Å². The lowest BCUT2D eigenvalue weighted by Crippen LogP contribution is -2.27. The van der Waals surface area contributed by atoms with Crippen LogP contribution in [0.3, 0.4) is 0 Å². The molecule has 3 heterocycles. The predicted molar refractivity (Wildman–Crippen MR) is 107 cm³/mol. The lowest BCUT2D eigenvalue weighted by atomic mass is 10.2. The van der Waals surface area contributed by atoms with Crippen LogP contribution in [-0.2, 0) is 4.74 Å². The molecule has 0 amide bonds. The first-order valence-corrected chi connectivity index (χ1v) is 9.48. The number of fused-ring (bicyclic) bond motifs is 3. The number of rotatable bonds is 6. The monoisotopic (exact) mass is 417 g/mol. The van der Waals surface area contributed by atoms with Crippen molar-refractivity contribution in [2.45, 2.75) is 25.8 Å². The van der Waals surface area contributed by atoms with E-state index in [2.05, 4.69) is 15.1 Å². The molecular formula is C19H20ClN5O4. The molecule has 0 saturated carbocycles. The summed E-state index contributed by atoms with van der Waals surface area (Å²) in [5.41, 5.74) is 1.60. The van der Waals surface area contributed by atoms with E-state index in [1.165, 1.54) is 4.57 Å². The number of aromatic nitrogens is 5. The highest BCUT2D eigenvalue weighted by Gasteiger charge is 2.23. The third kappa shape index (κ3) is 3.21. The fourth-order valence-electron chi connectivity index (χ4n) is 3.39. The van der Waals surface area contributed by atoms with Crippen LogP contribution in [0, 0.1) is 0 Å². The van der Waals surface area contributed by atoms with Crippen molar-refractivity contribution in [3.8, 4) is 11.5 Å². The molecule has 1 aromatic carbocycles. The summed E-state index contributed by atoms with van der Waals surface area (Å²) in [6.45, 7) is 3.88. The Balaban J connectivity index is 1.99. The summed E-state index contributed by atoms with van der Waals surface area (Å²) in [5, 5.41) is 14.2. The van der Waals surface area contributed by atoms with Crippen molar-refractivity contribution in [1.82, 2.24) is 24.1 Å². The van der Waals surface area contributed by atoms with Gasteiger partial charge in [0.05, 0.1) is 36.2 Å². The Morgan fingerprint density at radius 1 is 1.31 bits per heavy atom. The van der Waals surface area contributed by atoms with Crippen LogP contribution < -0.4 is 5.56 Å². The molecule has 0 aliphatic rings. The summed E-state index contributed by atoms with van der Waals surface area (Å²) in [5.74, 6) is 0.530. The van der Waals surface area contributed by atoms with Crippen LogP contribution in [0.15, 0.2) is 33.8 Å². The number of nitrogens with zero attached hydrogens (tertiary/aromatic N) is 5. The van der Waals surface area contributed by atoms with Crippen LogP contribution in [0.5, 0.6) is 0 Å². The Morgan fingerprint density at radius 2 is 2.10 bits per heavy atom. The highest BCUT2D eigenvalue weighted by atomic mass is 35.5. The van der Waals surface area contributed by atoms with Gasteiger partial charge in [0.25, 0.3) is 5.56 Å². The SMILES string of the molecule is COCC(C)c1nc(-c2ncn3c2c(=O)n(C(C)CO)c2cc(Cl)ccc23)no1. The molecule has 9 nitrogen and oxygen atoms in total. The van der Waals surface area contributed by atoms with Gasteiger partial charge in [-0.25, -0.2) is 4.98 Å². The number of benzene rings is 1. The number of halogens is 1. The zero-order chi connectivity index (χ0) is 20.7. The maximum Gasteiger partial charge on any atom is 0.278 e. The van der Waals surface area contributed by atoms with E-state index in [1.807, 2.05) is 6.92 Å². The van der Waals surface area contributed by atoms with E-state index in [4.69, 9.17) is 20.9 Å². The average molecular weight is 418 g/mol. The molecule has 1 N–H and O–H groups in total. The summed E-state index contributed by atoms with van der Waals surface area (Å²) >= 11 is 6.16. The topological polar surface area (TPSA) is 108 Å². The van der Waals surface area contributed by atoms with Gasteiger partial charge in [0.2, 0.25) is 11.7 Å². The number of aliphatic hydroxyl groups excluding tert-OH is 1. The molecule has 0 aliphatic carbocycles. The molecule has 0 fully saturated rings. The second-order valence-electron chi connectivity index (χ2n) is 6.96. The molecule has 4 rings (SSSR count). The number of hydrogen-bond acceptors (Lipinski definition) is 7. The van der Waals surface area contributed by atoms with Crippen LogP contribution in [0.25, 0.3) is 28.1 Å². The molecule has 0 spiro atoms. The molecule has 29 heavy (non-hydrogen) atoms. The van der Waals surface area contributed by atoms with E-state index in [1.54, 1.807) is 43.0 Å². The van der Waals surface area contributed by atoms with Crippen LogP contribution in [-0.4, -0.2) is 49.5 Å². The lowest BCUT2D eigenvalue weighted by Gasteiger charge is -2.17. The van der Waals surface area contributed by atoms with E-state index in [0.29, 0.717) is 34.2 Å². The largest absolute Gasteiger partial charge is 0.394 e. The molecule has 0 saturated heterocycles. The van der Waals surface area contributed by atoms with Gasteiger partial charge in [-0.1, -0.05) is 23.7 Å². The Labute approximate surface area is 170 Å². The maximum atomic E-state index is 13.4. The molecule has 0 aliphatic heterocycles. The zero-order valence-corrected chi connectivity index (χ0v) is 16.9. The van der Waals surface area contributed by atoms with Gasteiger partial charge in [-0.05, 0) is 25.1 Å². The molecule has 2 atom stereocenters. The van der Waals surface area contributed by atoms with E-state index >= 15 is 0 Å². The molecule has 10 heteroatoms. The molecule has 4 aromatic rings. The van der Waals surface area contributed by atoms with Gasteiger partial charge in [-0.3, -0.25) is 13.8 Å². The highest BCUT2D eigenvalue weighted by Crippen LogP contribution is 2.26. The molecule has 2 unspecified atom stereocenters. The fourth-order valence-corrected chi connectivity index (χ4v) is 3.55. The number of methoxy groups -OCH3 is 1. The molecule has 3 aromatic heterocycles. The zero-order valence-electron chi connectivity index (χ0n) is 16.2. The van der Waals surface area contributed by atoms with Crippen LogP contribution in [0.1, 0.15) is 31.7 Å². The highest BCUT2D eigenvalue weighted by molar-refractivity contribution is 6.31. The first-order chi connectivity index (χ1) is 14.0. The quantitative estimate of drug-likeness (QED) is 0.513. The Hall–Kier alpha value is -2.75. The second kappa shape index (κ2) is 7.58. The summed E-state index contributed by atoms with van der Waals surface area (Å²) in [7, 11) is 1.60. The van der Waals surface area contributed by atoms with Gasteiger partial charge < -0.3 is 14.4 Å². The molecule has 0 bridgehead atoms. The van der Waals surface area contributed by atoms with Crippen molar-refractivity contribution in [3.63, 3.8) is 0 Å². The average Bonchev–Trinajstić information content (AvgIpc) is 3.35. The van der Waals surface area contributed by atoms with Gasteiger partial charge in [0.1, 0.15) is 17.5 Å². The van der Waals surface area contributed by atoms with Gasteiger partial charge in [-0.15, -0.1) is 0 Å². The number of imidazole rings is 1. The van der Waals surface area contributed by atoms with Crippen LogP contribution in [0.4, 0.5) is 0 Å². The predicted octanol–water partition coefficient (Wildman–Crippen LogP) is 2.66. The number of ether oxygens (including phenoxy) is 1. The Morgan fingerprint density at radius 3 is 2.83 bits per heavy atom. The third-order valence-electron chi connectivity index (χ3n) is 4.84. The van der Waals surface area contributed by atoms with Crippen LogP contribution >= 0.6 is 11.6 Å². The molecule has 152 valence electrons. The van der Waals surface area contributed by atoms with Crippen molar-refractivity contribution in [1.29, 1.82) is 0 Å². The minimum atomic E-state index is -0.459. The second-order valence-corrected chi connectivity index (χ2v) is 7.40. The van der Waals surface area contributed by atoms with Crippen molar-refractivity contribution >= 4 is 28.2 Å². The van der Waals surface area contributed by atoms with Crippen molar-refractivity contribution in [2.24, 2.45) is 0 Å². The third-order valence-corrected chi connectivity index (χ3v) is 5.08. The maximum absolute atomic E-state index is 13.4. The minimum Gasteiger partial charge on any atom is -0.394 e. The van der Waals surface area contributed by atoms with E-state index in [9.17, 15) is 9.90 Å². The van der Waals surface area contributed by atoms with E-state index < -0.39 is 6.04 Å². The molecule has 0 radical (unpaired) electrons. The summed E-state index contributed by atoms with van der Waals surface area (Å²) in [6.07, 6.45) is 1.55. The first kappa shape index (κ1) is 19.6. The summed E-state index contributed by atoms with van der Waals surface area (Å²) in [4.78, 5) is 22.2. The lowest BCUT2D eigenvalue weighted by molar-refractivity contribution is 0.170. The summed E-state index contributed by atoms with van der Waals surface area (Å²) < 4.78 is 13.7. The van der Waals surface area contributed by atoms with Gasteiger partial charge in [0, 0.05) is 12.1 Å². The van der Waals surface area contributed by atoms with Crippen molar-refractivity contribution in [2.75, 3.05) is 20.3 Å². The minimum absolute atomic E-state index is 0.0934. The van der Waals surface area contributed by atoms with Crippen LogP contribution in [0.2, 0.25) is 5.02 Å². The normalized spacial score (nSPS) is 14.0. The number of aliphatic hydroxyl groups is 1. The number of hydrogen-bond donors (Lipinski definition) is 1. The van der Waals surface area contributed by atoms with Gasteiger partial charge >= 0.3 is 0 Å². The smallest absolute Gasteiger partial charge is 0.278 e. The van der Waals surface area contributed by atoms with Gasteiger partial charge in [0.15, 0.2) is 0 Å². The fraction of sp³-hybridized carbons (Fsp3) is 0.368. The Bertz CT molecular complexity index is 1240. The van der Waals surface area contributed by atoms with E-state index in [-0.39, 0.29) is 23.9 Å². The Kier molecular flexibility index (Phi) is 5.12. The van der Waals surface area contributed by atoms with E-state index in [0.717, 1.165) is 5.52 Å².